The van der Waals surface area contributed by atoms with Crippen molar-refractivity contribution >= 4 is 33.4 Å². The summed E-state index contributed by atoms with van der Waals surface area (Å²) in [6, 6.07) is 11.8. The number of rotatable bonds is 6. The predicted octanol–water partition coefficient (Wildman–Crippen LogP) is 3.76. The molecule has 0 spiro atoms. The molecule has 0 amide bonds. The molecule has 0 aliphatic rings. The average molecular weight is 397 g/mol. The molecule has 0 radical (unpaired) electrons. The molecule has 0 saturated heterocycles. The standard InChI is InChI=1S/C17H17ClN2O3S2/c1-20(11-12-7-8-16(24-3)15(9-12)23-2)25(21,22)17-6-4-5-14(18)13(17)10-19/h4-9H,11H2,1-3H3. The fraction of sp³-hybridized carbons (Fsp3) is 0.235. The Morgan fingerprint density at radius 2 is 2.04 bits per heavy atom. The zero-order valence-corrected chi connectivity index (χ0v) is 16.4. The highest BCUT2D eigenvalue weighted by Crippen LogP contribution is 2.30. The van der Waals surface area contributed by atoms with Crippen LogP contribution < -0.4 is 4.74 Å². The lowest BCUT2D eigenvalue weighted by Gasteiger charge is -2.19. The molecular formula is C17H17ClN2O3S2. The van der Waals surface area contributed by atoms with E-state index in [2.05, 4.69) is 0 Å². The number of sulfonamides is 1. The third-order valence-corrected chi connectivity index (χ3v) is 6.57. The summed E-state index contributed by atoms with van der Waals surface area (Å²) >= 11 is 7.50. The maximum absolute atomic E-state index is 12.8. The van der Waals surface area contributed by atoms with Gasteiger partial charge < -0.3 is 4.74 Å². The van der Waals surface area contributed by atoms with Crippen LogP contribution in [-0.2, 0) is 16.6 Å². The van der Waals surface area contributed by atoms with Gasteiger partial charge in [0.2, 0.25) is 10.0 Å². The summed E-state index contributed by atoms with van der Waals surface area (Å²) in [7, 11) is -0.819. The second-order valence-electron chi connectivity index (χ2n) is 5.18. The number of hydrogen-bond acceptors (Lipinski definition) is 5. The van der Waals surface area contributed by atoms with Gasteiger partial charge in [-0.3, -0.25) is 0 Å². The zero-order valence-electron chi connectivity index (χ0n) is 14.0. The average Bonchev–Trinajstić information content (AvgIpc) is 2.61. The first kappa shape index (κ1) is 19.6. The van der Waals surface area contributed by atoms with Crippen LogP contribution in [0.2, 0.25) is 5.02 Å². The molecule has 132 valence electrons. The molecule has 0 bridgehead atoms. The van der Waals surface area contributed by atoms with E-state index in [1.54, 1.807) is 24.9 Å². The van der Waals surface area contributed by atoms with Crippen molar-refractivity contribution < 1.29 is 13.2 Å². The van der Waals surface area contributed by atoms with E-state index in [1.807, 2.05) is 24.5 Å². The van der Waals surface area contributed by atoms with Crippen LogP contribution in [0.15, 0.2) is 46.2 Å². The second-order valence-corrected chi connectivity index (χ2v) is 8.44. The third-order valence-electron chi connectivity index (χ3n) is 3.63. The minimum Gasteiger partial charge on any atom is -0.496 e. The minimum atomic E-state index is -3.86. The van der Waals surface area contributed by atoms with Crippen molar-refractivity contribution in [2.45, 2.75) is 16.3 Å². The third kappa shape index (κ3) is 4.10. The number of halogens is 1. The van der Waals surface area contributed by atoms with Gasteiger partial charge in [0.05, 0.1) is 17.7 Å². The van der Waals surface area contributed by atoms with Crippen molar-refractivity contribution in [3.05, 3.63) is 52.5 Å². The van der Waals surface area contributed by atoms with E-state index >= 15 is 0 Å². The first-order valence-corrected chi connectivity index (χ1v) is 10.2. The number of thioether (sulfide) groups is 1. The molecule has 2 aromatic carbocycles. The highest BCUT2D eigenvalue weighted by molar-refractivity contribution is 7.98. The molecule has 5 nitrogen and oxygen atoms in total. The Bertz CT molecular complexity index is 924. The molecule has 0 aliphatic heterocycles. The van der Waals surface area contributed by atoms with Gasteiger partial charge >= 0.3 is 0 Å². The van der Waals surface area contributed by atoms with Gasteiger partial charge in [-0.25, -0.2) is 8.42 Å². The minimum absolute atomic E-state index is 0.0497. The van der Waals surface area contributed by atoms with Gasteiger partial charge in [-0.1, -0.05) is 23.7 Å². The molecule has 2 aromatic rings. The van der Waals surface area contributed by atoms with Crippen molar-refractivity contribution in [2.75, 3.05) is 20.4 Å². The number of nitrogens with zero attached hydrogens (tertiary/aromatic N) is 2. The SMILES string of the molecule is COc1cc(CN(C)S(=O)(=O)c2cccc(Cl)c2C#N)ccc1SC. The van der Waals surface area contributed by atoms with Crippen molar-refractivity contribution in [1.82, 2.24) is 4.31 Å². The number of methoxy groups -OCH3 is 1. The summed E-state index contributed by atoms with van der Waals surface area (Å²) < 4.78 is 32.2. The quantitative estimate of drug-likeness (QED) is 0.695. The Labute approximate surface area is 157 Å². The van der Waals surface area contributed by atoms with E-state index < -0.39 is 10.0 Å². The van der Waals surface area contributed by atoms with Gasteiger partial charge in [0.15, 0.2) is 0 Å². The van der Waals surface area contributed by atoms with Gasteiger partial charge in [0.1, 0.15) is 16.7 Å². The molecule has 2 rings (SSSR count). The molecular weight excluding hydrogens is 380 g/mol. The summed E-state index contributed by atoms with van der Waals surface area (Å²) in [5.74, 6) is 0.691. The molecule has 0 aliphatic carbocycles. The van der Waals surface area contributed by atoms with Gasteiger partial charge in [-0.05, 0) is 36.1 Å². The highest BCUT2D eigenvalue weighted by atomic mass is 35.5. The monoisotopic (exact) mass is 396 g/mol. The fourth-order valence-electron chi connectivity index (χ4n) is 2.32. The van der Waals surface area contributed by atoms with Crippen LogP contribution in [0.4, 0.5) is 0 Å². The van der Waals surface area contributed by atoms with Crippen molar-refractivity contribution in [3.63, 3.8) is 0 Å². The predicted molar refractivity (Wildman–Crippen MR) is 99.6 cm³/mol. The van der Waals surface area contributed by atoms with Crippen LogP contribution in [0.3, 0.4) is 0 Å². The van der Waals surface area contributed by atoms with E-state index in [0.717, 1.165) is 10.5 Å². The van der Waals surface area contributed by atoms with Crippen LogP contribution in [0.5, 0.6) is 5.75 Å². The summed E-state index contributed by atoms with van der Waals surface area (Å²) in [5, 5.41) is 9.34. The Morgan fingerprint density at radius 1 is 1.32 bits per heavy atom. The largest absolute Gasteiger partial charge is 0.496 e. The molecule has 0 heterocycles. The Kier molecular flexibility index (Phi) is 6.36. The van der Waals surface area contributed by atoms with E-state index in [-0.39, 0.29) is 22.0 Å². The van der Waals surface area contributed by atoms with Crippen LogP contribution in [0.1, 0.15) is 11.1 Å². The summed E-state index contributed by atoms with van der Waals surface area (Å²) in [5.41, 5.74) is 0.729. The Balaban J connectivity index is 2.36. The number of nitriles is 1. The van der Waals surface area contributed by atoms with Crippen LogP contribution in [-0.4, -0.2) is 33.1 Å². The molecule has 0 unspecified atom stereocenters. The van der Waals surface area contributed by atoms with E-state index in [0.29, 0.717) is 5.75 Å². The van der Waals surface area contributed by atoms with Crippen LogP contribution >= 0.6 is 23.4 Å². The Morgan fingerprint density at radius 3 is 2.64 bits per heavy atom. The summed E-state index contributed by atoms with van der Waals surface area (Å²) in [6.07, 6.45) is 1.94. The molecule has 0 atom stereocenters. The topological polar surface area (TPSA) is 70.4 Å². The van der Waals surface area contributed by atoms with Crippen molar-refractivity contribution in [3.8, 4) is 11.8 Å². The molecule has 25 heavy (non-hydrogen) atoms. The first-order chi connectivity index (χ1) is 11.8. The molecule has 0 fully saturated rings. The van der Waals surface area contributed by atoms with Crippen LogP contribution in [0.25, 0.3) is 0 Å². The summed E-state index contributed by atoms with van der Waals surface area (Å²) in [4.78, 5) is 0.871. The van der Waals surface area contributed by atoms with Crippen molar-refractivity contribution in [1.29, 1.82) is 5.26 Å². The highest BCUT2D eigenvalue weighted by Gasteiger charge is 2.25. The lowest BCUT2D eigenvalue weighted by atomic mass is 10.2. The van der Waals surface area contributed by atoms with Gasteiger partial charge in [0, 0.05) is 18.5 Å². The maximum atomic E-state index is 12.8. The molecule has 0 aromatic heterocycles. The summed E-state index contributed by atoms with van der Waals surface area (Å²) in [6.45, 7) is 0.144. The number of hydrogen-bond donors (Lipinski definition) is 0. The molecule has 0 N–H and O–H groups in total. The van der Waals surface area contributed by atoms with E-state index in [4.69, 9.17) is 16.3 Å². The Hall–Kier alpha value is -1.72. The lowest BCUT2D eigenvalue weighted by molar-refractivity contribution is 0.402. The van der Waals surface area contributed by atoms with Gasteiger partial charge in [-0.2, -0.15) is 9.57 Å². The lowest BCUT2D eigenvalue weighted by Crippen LogP contribution is -2.27. The molecule has 0 saturated carbocycles. The second kappa shape index (κ2) is 8.11. The number of benzene rings is 2. The van der Waals surface area contributed by atoms with Gasteiger partial charge in [-0.15, -0.1) is 11.8 Å². The van der Waals surface area contributed by atoms with Crippen LogP contribution in [0, 0.1) is 11.3 Å². The fourth-order valence-corrected chi connectivity index (χ4v) is 4.46. The number of ether oxygens (including phenoxy) is 1. The van der Waals surface area contributed by atoms with E-state index in [1.165, 1.54) is 29.6 Å². The normalized spacial score (nSPS) is 11.4. The van der Waals surface area contributed by atoms with Crippen molar-refractivity contribution in [2.24, 2.45) is 0 Å². The molecule has 8 heteroatoms. The first-order valence-electron chi connectivity index (χ1n) is 7.21. The smallest absolute Gasteiger partial charge is 0.244 e. The van der Waals surface area contributed by atoms with Gasteiger partial charge in [0.25, 0.3) is 0 Å². The maximum Gasteiger partial charge on any atom is 0.244 e. The van der Waals surface area contributed by atoms with E-state index in [9.17, 15) is 13.7 Å². The zero-order chi connectivity index (χ0) is 18.6.